The van der Waals surface area contributed by atoms with E-state index in [0.29, 0.717) is 17.8 Å². The van der Waals surface area contributed by atoms with E-state index in [2.05, 4.69) is 19.2 Å². The van der Waals surface area contributed by atoms with Gasteiger partial charge in [0, 0.05) is 6.04 Å². The van der Waals surface area contributed by atoms with Crippen LogP contribution in [0.1, 0.15) is 94.5 Å². The van der Waals surface area contributed by atoms with Gasteiger partial charge in [0.15, 0.2) is 0 Å². The average Bonchev–Trinajstić information content (AvgIpc) is 3.15. The quantitative estimate of drug-likeness (QED) is 0.588. The standard InChI is InChI=1S/C29H39FN2O2/c1-17(32-27(33)23-6-4-18(16-31)14-26(23)30)24-8-9-25-22-7-5-19-15-28(2,34)12-10-20(19)21(22)11-13-29(24,25)3/h4,6,14,17,19-22,24-25,34H,5,7-13,15H2,1-3H3,(H,32,33). The minimum absolute atomic E-state index is 0.0146. The van der Waals surface area contributed by atoms with Crippen molar-refractivity contribution in [3.63, 3.8) is 0 Å². The van der Waals surface area contributed by atoms with Gasteiger partial charge in [0.05, 0.1) is 22.8 Å². The Balaban J connectivity index is 1.28. The molecule has 0 saturated heterocycles. The molecule has 4 fully saturated rings. The maximum atomic E-state index is 14.4. The van der Waals surface area contributed by atoms with E-state index in [9.17, 15) is 14.3 Å². The molecule has 0 aromatic heterocycles. The van der Waals surface area contributed by atoms with Crippen molar-refractivity contribution in [2.24, 2.45) is 40.9 Å². The van der Waals surface area contributed by atoms with E-state index >= 15 is 0 Å². The lowest BCUT2D eigenvalue weighted by Gasteiger charge is -2.57. The highest BCUT2D eigenvalue weighted by Crippen LogP contribution is 2.65. The number of nitrogens with one attached hydrogen (secondary N) is 1. The Kier molecular flexibility index (Phi) is 6.04. The number of nitriles is 1. The molecule has 0 heterocycles. The first-order valence-corrected chi connectivity index (χ1v) is 13.4. The minimum atomic E-state index is -0.636. The van der Waals surface area contributed by atoms with Gasteiger partial charge >= 0.3 is 0 Å². The second-order valence-electron chi connectivity index (χ2n) is 12.5. The van der Waals surface area contributed by atoms with Crippen LogP contribution in [0.15, 0.2) is 18.2 Å². The monoisotopic (exact) mass is 466 g/mol. The molecule has 184 valence electrons. The molecule has 0 aliphatic heterocycles. The molecule has 9 unspecified atom stereocenters. The highest BCUT2D eigenvalue weighted by Gasteiger charge is 2.58. The molecule has 1 aromatic rings. The Morgan fingerprint density at radius 2 is 1.88 bits per heavy atom. The lowest BCUT2D eigenvalue weighted by molar-refractivity contribution is -0.101. The summed E-state index contributed by atoms with van der Waals surface area (Å²) in [6.45, 7) is 6.56. The number of carbonyl (C=O) groups is 1. The Labute approximate surface area is 203 Å². The molecule has 4 nitrogen and oxygen atoms in total. The third-order valence-electron chi connectivity index (χ3n) is 10.6. The molecule has 9 atom stereocenters. The van der Waals surface area contributed by atoms with Crippen LogP contribution in [0.3, 0.4) is 0 Å². The Bertz CT molecular complexity index is 1000. The summed E-state index contributed by atoms with van der Waals surface area (Å²) in [5.41, 5.74) is -0.0241. The summed E-state index contributed by atoms with van der Waals surface area (Å²) in [5.74, 6) is 3.11. The van der Waals surface area contributed by atoms with Crippen LogP contribution in [0.25, 0.3) is 0 Å². The van der Waals surface area contributed by atoms with Gasteiger partial charge in [-0.1, -0.05) is 6.92 Å². The van der Waals surface area contributed by atoms with Gasteiger partial charge in [-0.3, -0.25) is 4.79 Å². The van der Waals surface area contributed by atoms with Crippen LogP contribution in [-0.2, 0) is 0 Å². The van der Waals surface area contributed by atoms with Crippen molar-refractivity contribution in [3.05, 3.63) is 35.1 Å². The van der Waals surface area contributed by atoms with Gasteiger partial charge in [0.25, 0.3) is 5.91 Å². The van der Waals surface area contributed by atoms with Crippen LogP contribution in [0.2, 0.25) is 0 Å². The molecule has 4 saturated carbocycles. The summed E-state index contributed by atoms with van der Waals surface area (Å²) in [5, 5.41) is 22.7. The fourth-order valence-corrected chi connectivity index (χ4v) is 9.10. The molecule has 2 N–H and O–H groups in total. The maximum Gasteiger partial charge on any atom is 0.254 e. The van der Waals surface area contributed by atoms with Crippen molar-refractivity contribution in [3.8, 4) is 6.07 Å². The third-order valence-corrected chi connectivity index (χ3v) is 10.6. The molecular formula is C29H39FN2O2. The van der Waals surface area contributed by atoms with E-state index in [0.717, 1.165) is 43.1 Å². The van der Waals surface area contributed by atoms with Crippen LogP contribution >= 0.6 is 0 Å². The van der Waals surface area contributed by atoms with E-state index in [1.807, 2.05) is 13.0 Å². The first-order valence-electron chi connectivity index (χ1n) is 13.4. The first-order chi connectivity index (χ1) is 16.1. The van der Waals surface area contributed by atoms with Crippen molar-refractivity contribution >= 4 is 5.91 Å². The van der Waals surface area contributed by atoms with Gasteiger partial charge < -0.3 is 10.4 Å². The molecule has 4 aliphatic carbocycles. The summed E-state index contributed by atoms with van der Waals surface area (Å²) < 4.78 is 14.4. The molecule has 0 bridgehead atoms. The fraction of sp³-hybridized carbons (Fsp3) is 0.724. The van der Waals surface area contributed by atoms with Crippen LogP contribution in [0, 0.1) is 58.1 Å². The molecule has 5 rings (SSSR count). The SMILES string of the molecule is CC(NC(=O)c1ccc(C#N)cc1F)C1CCC2C3CCC4CC(C)(O)CCC4C3CCC12C. The molecule has 34 heavy (non-hydrogen) atoms. The summed E-state index contributed by atoms with van der Waals surface area (Å²) >= 11 is 0. The molecule has 4 aliphatic rings. The van der Waals surface area contributed by atoms with Crippen molar-refractivity contribution in [2.45, 2.75) is 90.2 Å². The van der Waals surface area contributed by atoms with Gasteiger partial charge in [-0.2, -0.15) is 5.26 Å². The summed E-state index contributed by atoms with van der Waals surface area (Å²) in [6, 6.07) is 5.95. The predicted molar refractivity (Wildman–Crippen MR) is 129 cm³/mol. The second kappa shape index (κ2) is 8.63. The molecular weight excluding hydrogens is 427 g/mol. The number of hydrogen-bond acceptors (Lipinski definition) is 3. The zero-order chi connectivity index (χ0) is 24.3. The normalized spacial score (nSPS) is 42.0. The lowest BCUT2D eigenvalue weighted by atomic mass is 9.49. The van der Waals surface area contributed by atoms with E-state index in [1.54, 1.807) is 0 Å². The molecule has 1 amide bonds. The Morgan fingerprint density at radius 1 is 1.12 bits per heavy atom. The Morgan fingerprint density at radius 3 is 2.62 bits per heavy atom. The highest BCUT2D eigenvalue weighted by molar-refractivity contribution is 5.94. The topological polar surface area (TPSA) is 73.1 Å². The van der Waals surface area contributed by atoms with Crippen molar-refractivity contribution in [2.75, 3.05) is 0 Å². The van der Waals surface area contributed by atoms with Crippen molar-refractivity contribution in [1.82, 2.24) is 5.32 Å². The number of benzene rings is 1. The third kappa shape index (κ3) is 3.96. The fourth-order valence-electron chi connectivity index (χ4n) is 9.10. The summed E-state index contributed by atoms with van der Waals surface area (Å²) in [7, 11) is 0. The van der Waals surface area contributed by atoms with Gasteiger partial charge in [0.1, 0.15) is 5.82 Å². The first kappa shape index (κ1) is 23.8. The molecule has 5 heteroatoms. The second-order valence-corrected chi connectivity index (χ2v) is 12.5. The number of carbonyl (C=O) groups excluding carboxylic acids is 1. The van der Waals surface area contributed by atoms with Gasteiger partial charge in [-0.05, 0) is 131 Å². The van der Waals surface area contributed by atoms with E-state index < -0.39 is 11.4 Å². The van der Waals surface area contributed by atoms with Gasteiger partial charge in [0.2, 0.25) is 0 Å². The van der Waals surface area contributed by atoms with Crippen LogP contribution in [0.5, 0.6) is 0 Å². The number of halogens is 1. The largest absolute Gasteiger partial charge is 0.390 e. The Hall–Kier alpha value is -1.93. The number of hydrogen-bond donors (Lipinski definition) is 2. The van der Waals surface area contributed by atoms with E-state index in [1.165, 1.54) is 50.7 Å². The number of fused-ring (bicyclic) bond motifs is 5. The van der Waals surface area contributed by atoms with Crippen LogP contribution in [-0.4, -0.2) is 22.7 Å². The number of aliphatic hydroxyl groups is 1. The van der Waals surface area contributed by atoms with E-state index in [-0.39, 0.29) is 28.5 Å². The highest BCUT2D eigenvalue weighted by atomic mass is 19.1. The molecule has 0 radical (unpaired) electrons. The smallest absolute Gasteiger partial charge is 0.254 e. The lowest BCUT2D eigenvalue weighted by Crippen LogP contribution is -2.52. The zero-order valence-corrected chi connectivity index (χ0v) is 20.8. The van der Waals surface area contributed by atoms with E-state index in [4.69, 9.17) is 5.26 Å². The number of rotatable bonds is 3. The van der Waals surface area contributed by atoms with Crippen molar-refractivity contribution in [1.29, 1.82) is 5.26 Å². The predicted octanol–water partition coefficient (Wildman–Crippen LogP) is 5.84. The minimum Gasteiger partial charge on any atom is -0.390 e. The number of amides is 1. The summed E-state index contributed by atoms with van der Waals surface area (Å²) in [6.07, 6.45) is 10.4. The maximum absolute atomic E-state index is 14.4. The van der Waals surface area contributed by atoms with Crippen molar-refractivity contribution < 1.29 is 14.3 Å². The zero-order valence-electron chi connectivity index (χ0n) is 20.8. The van der Waals surface area contributed by atoms with Crippen LogP contribution in [0.4, 0.5) is 4.39 Å². The molecule has 1 aromatic carbocycles. The van der Waals surface area contributed by atoms with Gasteiger partial charge in [-0.15, -0.1) is 0 Å². The number of nitrogens with zero attached hydrogens (tertiary/aromatic N) is 1. The molecule has 0 spiro atoms. The summed E-state index contributed by atoms with van der Waals surface area (Å²) in [4.78, 5) is 12.9. The average molecular weight is 467 g/mol. The van der Waals surface area contributed by atoms with Crippen LogP contribution < -0.4 is 5.32 Å². The van der Waals surface area contributed by atoms with Gasteiger partial charge in [-0.25, -0.2) is 4.39 Å².